The van der Waals surface area contributed by atoms with Crippen molar-refractivity contribution in [1.29, 1.82) is 0 Å². The monoisotopic (exact) mass is 347 g/mol. The van der Waals surface area contributed by atoms with Crippen molar-refractivity contribution in [2.45, 2.75) is 64.5 Å². The molecule has 2 nitrogen and oxygen atoms in total. The predicted molar refractivity (Wildman–Crippen MR) is 102 cm³/mol. The number of piperidine rings is 1. The number of hydrogen-bond acceptors (Lipinski definition) is 3. The minimum atomic E-state index is 0.239. The number of thioether (sulfide) groups is 1. The Labute approximate surface area is 151 Å². The van der Waals surface area contributed by atoms with Gasteiger partial charge in [-0.1, -0.05) is 20.8 Å². The Morgan fingerprint density at radius 2 is 2.08 bits per heavy atom. The van der Waals surface area contributed by atoms with Gasteiger partial charge in [-0.3, -0.25) is 4.79 Å². The molecular weight excluding hydrogens is 314 g/mol. The molecule has 1 heterocycles. The normalized spacial score (nSPS) is 47.8. The first kappa shape index (κ1) is 17.0. The molecule has 2 saturated carbocycles. The maximum atomic E-state index is 12.0. The summed E-state index contributed by atoms with van der Waals surface area (Å²) in [5, 5.41) is 0.881. The molecule has 0 aromatic heterocycles. The average molecular weight is 348 g/mol. The third kappa shape index (κ3) is 2.40. The van der Waals surface area contributed by atoms with E-state index >= 15 is 0 Å². The first-order valence-corrected chi connectivity index (χ1v) is 11.0. The second-order valence-electron chi connectivity index (χ2n) is 9.38. The second-order valence-corrected chi connectivity index (χ2v) is 11.0. The van der Waals surface area contributed by atoms with Gasteiger partial charge in [0.15, 0.2) is 5.78 Å². The summed E-state index contributed by atoms with van der Waals surface area (Å²) < 4.78 is 0. The summed E-state index contributed by atoms with van der Waals surface area (Å²) in [4.78, 5) is 14.5. The molecule has 24 heavy (non-hydrogen) atoms. The van der Waals surface area contributed by atoms with Gasteiger partial charge in [-0.15, -0.1) is 0 Å². The van der Waals surface area contributed by atoms with E-state index in [4.69, 9.17) is 0 Å². The number of rotatable bonds is 2. The van der Waals surface area contributed by atoms with Crippen molar-refractivity contribution < 1.29 is 4.79 Å². The lowest BCUT2D eigenvalue weighted by molar-refractivity contribution is -0.118. The zero-order valence-corrected chi connectivity index (χ0v) is 16.6. The smallest absolute Gasteiger partial charge is 0.157 e. The molecule has 0 N–H and O–H groups in total. The molecule has 4 aliphatic rings. The standard InChI is InChI=1S/C21H33NOS/c1-5-24-15-11-18-16-13-22(4)19-10-14(23)6-9-21(19,3)17(16)7-8-20(18,2)12-15/h10,15-18H,5-9,11-13H2,1-4H3/t15-,16+,17-,18-,20+,21+/m0/s1. The maximum Gasteiger partial charge on any atom is 0.157 e. The van der Waals surface area contributed by atoms with E-state index < -0.39 is 0 Å². The van der Waals surface area contributed by atoms with Crippen LogP contribution in [0.5, 0.6) is 0 Å². The fraction of sp³-hybridized carbons (Fsp3) is 0.857. The molecule has 3 fully saturated rings. The lowest BCUT2D eigenvalue weighted by Gasteiger charge is -2.59. The van der Waals surface area contributed by atoms with Gasteiger partial charge in [0, 0.05) is 42.5 Å². The molecule has 134 valence electrons. The molecule has 3 heteroatoms. The van der Waals surface area contributed by atoms with Crippen LogP contribution in [0.15, 0.2) is 11.8 Å². The topological polar surface area (TPSA) is 20.3 Å². The summed E-state index contributed by atoms with van der Waals surface area (Å²) in [6.07, 6.45) is 9.45. The van der Waals surface area contributed by atoms with E-state index in [0.717, 1.165) is 35.8 Å². The molecule has 1 saturated heterocycles. The first-order valence-electron chi connectivity index (χ1n) is 9.95. The zero-order chi connectivity index (χ0) is 17.1. The molecule has 0 radical (unpaired) electrons. The van der Waals surface area contributed by atoms with E-state index in [1.54, 1.807) is 0 Å². The molecule has 0 aromatic rings. The molecule has 0 amide bonds. The van der Waals surface area contributed by atoms with Crippen LogP contribution in [0.25, 0.3) is 0 Å². The molecule has 0 aromatic carbocycles. The van der Waals surface area contributed by atoms with Crippen LogP contribution >= 0.6 is 11.8 Å². The quantitative estimate of drug-likeness (QED) is 0.719. The number of likely N-dealkylation sites (tertiary alicyclic amines) is 1. The van der Waals surface area contributed by atoms with Crippen LogP contribution in [0.1, 0.15) is 59.3 Å². The summed E-state index contributed by atoms with van der Waals surface area (Å²) in [6, 6.07) is 0. The lowest BCUT2D eigenvalue weighted by atomic mass is 9.50. The van der Waals surface area contributed by atoms with Crippen LogP contribution in [0.3, 0.4) is 0 Å². The minimum Gasteiger partial charge on any atom is -0.377 e. The van der Waals surface area contributed by atoms with Crippen molar-refractivity contribution in [1.82, 2.24) is 4.90 Å². The van der Waals surface area contributed by atoms with Crippen LogP contribution in [-0.2, 0) is 4.79 Å². The van der Waals surface area contributed by atoms with Gasteiger partial charge in [0.05, 0.1) is 0 Å². The molecule has 3 aliphatic carbocycles. The lowest BCUT2D eigenvalue weighted by Crippen LogP contribution is -2.56. The summed E-state index contributed by atoms with van der Waals surface area (Å²) in [5.74, 6) is 4.10. The van der Waals surface area contributed by atoms with Crippen molar-refractivity contribution in [2.24, 2.45) is 28.6 Å². The highest BCUT2D eigenvalue weighted by atomic mass is 32.2. The molecule has 6 atom stereocenters. The van der Waals surface area contributed by atoms with Gasteiger partial charge >= 0.3 is 0 Å². The van der Waals surface area contributed by atoms with Crippen molar-refractivity contribution >= 4 is 17.5 Å². The number of nitrogens with zero attached hydrogens (tertiary/aromatic N) is 1. The van der Waals surface area contributed by atoms with E-state index in [-0.39, 0.29) is 5.41 Å². The van der Waals surface area contributed by atoms with Crippen molar-refractivity contribution in [3.05, 3.63) is 11.8 Å². The highest BCUT2D eigenvalue weighted by Gasteiger charge is 2.58. The van der Waals surface area contributed by atoms with Crippen molar-refractivity contribution in [2.75, 3.05) is 19.3 Å². The maximum absolute atomic E-state index is 12.0. The fourth-order valence-corrected chi connectivity index (χ4v) is 8.24. The van der Waals surface area contributed by atoms with Crippen LogP contribution in [0, 0.1) is 28.6 Å². The molecule has 0 spiro atoms. The summed E-state index contributed by atoms with van der Waals surface area (Å²) in [7, 11) is 2.23. The highest BCUT2D eigenvalue weighted by molar-refractivity contribution is 7.99. The molecule has 4 rings (SSSR count). The molecular formula is C21H33NOS. The second kappa shape index (κ2) is 5.79. The first-order chi connectivity index (χ1) is 11.4. The van der Waals surface area contributed by atoms with Gasteiger partial charge in [0.1, 0.15) is 0 Å². The molecule has 0 unspecified atom stereocenters. The van der Waals surface area contributed by atoms with Gasteiger partial charge in [-0.05, 0) is 61.0 Å². The summed E-state index contributed by atoms with van der Waals surface area (Å²) >= 11 is 2.20. The third-order valence-corrected chi connectivity index (χ3v) is 9.22. The van der Waals surface area contributed by atoms with Gasteiger partial charge in [-0.2, -0.15) is 11.8 Å². The SMILES string of the molecule is CCS[C@H]1C[C@H]2[C@@H]3CN(C)C4=CC(=O)CC[C@]4(C)[C@H]3CC[C@]2(C)C1. The Morgan fingerprint density at radius 3 is 2.83 bits per heavy atom. The van der Waals surface area contributed by atoms with Crippen molar-refractivity contribution in [3.8, 4) is 0 Å². The van der Waals surface area contributed by atoms with E-state index in [1.165, 1.54) is 43.7 Å². The largest absolute Gasteiger partial charge is 0.377 e. The minimum absolute atomic E-state index is 0.239. The summed E-state index contributed by atoms with van der Waals surface area (Å²) in [5.41, 5.74) is 2.15. The number of ketones is 1. The Bertz CT molecular complexity index is 572. The number of allylic oxidation sites excluding steroid dienone is 2. The number of carbonyl (C=O) groups excluding carboxylic acids is 1. The Kier molecular flexibility index (Phi) is 4.10. The zero-order valence-electron chi connectivity index (χ0n) is 15.8. The average Bonchev–Trinajstić information content (AvgIpc) is 2.86. The molecule has 0 bridgehead atoms. The van der Waals surface area contributed by atoms with Gasteiger partial charge in [0.2, 0.25) is 0 Å². The number of hydrogen-bond donors (Lipinski definition) is 0. The van der Waals surface area contributed by atoms with Gasteiger partial charge in [0.25, 0.3) is 0 Å². The molecule has 1 aliphatic heterocycles. The van der Waals surface area contributed by atoms with Crippen LogP contribution in [0.4, 0.5) is 0 Å². The highest BCUT2D eigenvalue weighted by Crippen LogP contribution is 2.64. The van der Waals surface area contributed by atoms with Gasteiger partial charge in [-0.25, -0.2) is 0 Å². The van der Waals surface area contributed by atoms with Crippen LogP contribution < -0.4 is 0 Å². The Balaban J connectivity index is 1.66. The van der Waals surface area contributed by atoms with E-state index in [0.29, 0.717) is 11.2 Å². The van der Waals surface area contributed by atoms with Crippen LogP contribution in [-0.4, -0.2) is 35.3 Å². The Hall–Kier alpha value is -0.440. The van der Waals surface area contributed by atoms with Crippen molar-refractivity contribution in [3.63, 3.8) is 0 Å². The predicted octanol–water partition coefficient (Wildman–Crippen LogP) is 4.75. The van der Waals surface area contributed by atoms with E-state index in [9.17, 15) is 4.79 Å². The van der Waals surface area contributed by atoms with Gasteiger partial charge < -0.3 is 4.90 Å². The van der Waals surface area contributed by atoms with E-state index in [2.05, 4.69) is 44.5 Å². The third-order valence-electron chi connectivity index (χ3n) is 8.06. The van der Waals surface area contributed by atoms with Crippen LogP contribution in [0.2, 0.25) is 0 Å². The fourth-order valence-electron chi connectivity index (χ4n) is 6.93. The van der Waals surface area contributed by atoms with E-state index in [1.807, 2.05) is 6.08 Å². The Morgan fingerprint density at radius 1 is 1.29 bits per heavy atom. The number of fused-ring (bicyclic) bond motifs is 5. The summed E-state index contributed by atoms with van der Waals surface area (Å²) in [6.45, 7) is 8.53. The number of carbonyl (C=O) groups is 1.